The van der Waals surface area contributed by atoms with Gasteiger partial charge in [0.2, 0.25) is 0 Å². The minimum atomic E-state index is -0.738. The van der Waals surface area contributed by atoms with Crippen molar-refractivity contribution in [3.05, 3.63) is 58.5 Å². The molecule has 96 valence electrons. The fourth-order valence-electron chi connectivity index (χ4n) is 2.19. The van der Waals surface area contributed by atoms with Crippen molar-refractivity contribution in [2.75, 3.05) is 0 Å². The van der Waals surface area contributed by atoms with Crippen LogP contribution in [-0.4, -0.2) is 19.9 Å². The summed E-state index contributed by atoms with van der Waals surface area (Å²) in [6, 6.07) is 9.48. The monoisotopic (exact) mass is 317 g/mol. The lowest BCUT2D eigenvalue weighted by molar-refractivity contribution is 0.211. The van der Waals surface area contributed by atoms with Crippen molar-refractivity contribution in [2.45, 2.75) is 6.10 Å². The fourth-order valence-corrected chi connectivity index (χ4v) is 2.64. The van der Waals surface area contributed by atoms with Crippen molar-refractivity contribution in [1.29, 1.82) is 0 Å². The lowest BCUT2D eigenvalue weighted by atomic mass is 10.0. The molecule has 0 aliphatic rings. The SMILES string of the molecule is Cn1nccc1C(O)c1ccc(Br)c2cccnc12. The number of aromatic nitrogens is 3. The Balaban J connectivity index is 2.21. The fraction of sp³-hybridized carbons (Fsp3) is 0.143. The predicted molar refractivity (Wildman–Crippen MR) is 76.7 cm³/mol. The highest BCUT2D eigenvalue weighted by molar-refractivity contribution is 9.10. The summed E-state index contributed by atoms with van der Waals surface area (Å²) < 4.78 is 2.64. The van der Waals surface area contributed by atoms with Gasteiger partial charge in [-0.1, -0.05) is 28.1 Å². The molecule has 0 aliphatic heterocycles. The molecule has 2 heterocycles. The Morgan fingerprint density at radius 1 is 1.21 bits per heavy atom. The highest BCUT2D eigenvalue weighted by Crippen LogP contribution is 2.31. The molecule has 2 aromatic heterocycles. The van der Waals surface area contributed by atoms with Crippen LogP contribution in [0.5, 0.6) is 0 Å². The maximum absolute atomic E-state index is 10.5. The van der Waals surface area contributed by atoms with Crippen LogP contribution in [0.25, 0.3) is 10.9 Å². The topological polar surface area (TPSA) is 50.9 Å². The number of aliphatic hydroxyl groups excluding tert-OH is 1. The molecule has 5 heteroatoms. The first-order chi connectivity index (χ1) is 9.18. The van der Waals surface area contributed by atoms with Crippen molar-refractivity contribution in [3.8, 4) is 0 Å². The van der Waals surface area contributed by atoms with E-state index in [9.17, 15) is 5.11 Å². The summed E-state index contributed by atoms with van der Waals surface area (Å²) >= 11 is 3.50. The van der Waals surface area contributed by atoms with E-state index in [1.807, 2.05) is 37.4 Å². The number of aliphatic hydroxyl groups is 1. The number of fused-ring (bicyclic) bond motifs is 1. The van der Waals surface area contributed by atoms with Gasteiger partial charge >= 0.3 is 0 Å². The van der Waals surface area contributed by atoms with Gasteiger partial charge in [0.15, 0.2) is 0 Å². The Labute approximate surface area is 118 Å². The molecule has 19 heavy (non-hydrogen) atoms. The summed E-state index contributed by atoms with van der Waals surface area (Å²) in [5, 5.41) is 15.6. The molecule has 0 saturated carbocycles. The van der Waals surface area contributed by atoms with Gasteiger partial charge in [0.1, 0.15) is 6.10 Å². The van der Waals surface area contributed by atoms with E-state index in [-0.39, 0.29) is 0 Å². The van der Waals surface area contributed by atoms with Crippen molar-refractivity contribution in [3.63, 3.8) is 0 Å². The van der Waals surface area contributed by atoms with Crippen LogP contribution in [0.2, 0.25) is 0 Å². The lowest BCUT2D eigenvalue weighted by Gasteiger charge is -2.14. The van der Waals surface area contributed by atoms with Crippen LogP contribution in [-0.2, 0) is 7.05 Å². The second-order valence-corrected chi connectivity index (χ2v) is 5.17. The smallest absolute Gasteiger partial charge is 0.123 e. The van der Waals surface area contributed by atoms with Crippen molar-refractivity contribution < 1.29 is 5.11 Å². The van der Waals surface area contributed by atoms with E-state index >= 15 is 0 Å². The normalized spacial score (nSPS) is 12.8. The molecular weight excluding hydrogens is 306 g/mol. The summed E-state index contributed by atoms with van der Waals surface area (Å²) in [6.45, 7) is 0. The quantitative estimate of drug-likeness (QED) is 0.790. The zero-order valence-electron chi connectivity index (χ0n) is 10.3. The van der Waals surface area contributed by atoms with Crippen molar-refractivity contribution in [2.24, 2.45) is 7.05 Å². The maximum atomic E-state index is 10.5. The summed E-state index contributed by atoms with van der Waals surface area (Å²) in [4.78, 5) is 4.38. The van der Waals surface area contributed by atoms with E-state index in [0.717, 1.165) is 26.6 Å². The van der Waals surface area contributed by atoms with E-state index in [0.29, 0.717) is 0 Å². The van der Waals surface area contributed by atoms with E-state index in [1.54, 1.807) is 17.1 Å². The molecule has 0 aliphatic carbocycles. The van der Waals surface area contributed by atoms with Gasteiger partial charge in [-0.05, 0) is 18.2 Å². The minimum absolute atomic E-state index is 0.738. The second-order valence-electron chi connectivity index (χ2n) is 4.32. The molecular formula is C14H12BrN3O. The standard InChI is InChI=1S/C14H12BrN3O/c1-18-12(6-8-17-18)14(19)10-4-5-11(15)9-3-2-7-16-13(9)10/h2-8,14,19H,1H3. The lowest BCUT2D eigenvalue weighted by Crippen LogP contribution is -2.07. The van der Waals surface area contributed by atoms with Crippen LogP contribution in [0.1, 0.15) is 17.4 Å². The Morgan fingerprint density at radius 3 is 2.79 bits per heavy atom. The molecule has 3 rings (SSSR count). The number of hydrogen-bond acceptors (Lipinski definition) is 3. The summed E-state index contributed by atoms with van der Waals surface area (Å²) in [5.41, 5.74) is 2.32. The summed E-state index contributed by atoms with van der Waals surface area (Å²) in [7, 11) is 1.81. The molecule has 1 N–H and O–H groups in total. The molecule has 1 atom stereocenters. The van der Waals surface area contributed by atoms with E-state index < -0.39 is 6.10 Å². The van der Waals surface area contributed by atoms with Gasteiger partial charge in [0.25, 0.3) is 0 Å². The van der Waals surface area contributed by atoms with Gasteiger partial charge < -0.3 is 5.11 Å². The Hall–Kier alpha value is -1.72. The third-order valence-electron chi connectivity index (χ3n) is 3.18. The molecule has 0 fully saturated rings. The van der Waals surface area contributed by atoms with Crippen LogP contribution in [0.4, 0.5) is 0 Å². The molecule has 0 spiro atoms. The predicted octanol–water partition coefficient (Wildman–Crippen LogP) is 2.81. The molecule has 0 amide bonds. The van der Waals surface area contributed by atoms with Gasteiger partial charge in [-0.25, -0.2) is 0 Å². The highest BCUT2D eigenvalue weighted by Gasteiger charge is 2.18. The first-order valence-corrected chi connectivity index (χ1v) is 6.67. The number of rotatable bonds is 2. The largest absolute Gasteiger partial charge is 0.382 e. The van der Waals surface area contributed by atoms with E-state index in [1.165, 1.54) is 0 Å². The van der Waals surface area contributed by atoms with Gasteiger partial charge in [0.05, 0.1) is 11.2 Å². The molecule has 0 radical (unpaired) electrons. The number of pyridine rings is 1. The molecule has 0 saturated heterocycles. The van der Waals surface area contributed by atoms with Gasteiger partial charge in [-0.3, -0.25) is 9.67 Å². The Kier molecular flexibility index (Phi) is 3.08. The number of hydrogen-bond donors (Lipinski definition) is 1. The number of nitrogens with zero attached hydrogens (tertiary/aromatic N) is 3. The van der Waals surface area contributed by atoms with Gasteiger partial charge in [-0.15, -0.1) is 0 Å². The van der Waals surface area contributed by atoms with Crippen LogP contribution in [0, 0.1) is 0 Å². The van der Waals surface area contributed by atoms with Crippen molar-refractivity contribution in [1.82, 2.24) is 14.8 Å². The molecule has 1 unspecified atom stereocenters. The minimum Gasteiger partial charge on any atom is -0.382 e. The zero-order chi connectivity index (χ0) is 13.4. The summed E-state index contributed by atoms with van der Waals surface area (Å²) in [5.74, 6) is 0. The summed E-state index contributed by atoms with van der Waals surface area (Å²) in [6.07, 6.45) is 2.67. The highest BCUT2D eigenvalue weighted by atomic mass is 79.9. The third kappa shape index (κ3) is 2.05. The van der Waals surface area contributed by atoms with Gasteiger partial charge in [-0.2, -0.15) is 5.10 Å². The first kappa shape index (κ1) is 12.3. The molecule has 0 bridgehead atoms. The Bertz CT molecular complexity index is 738. The zero-order valence-corrected chi connectivity index (χ0v) is 11.9. The molecule has 3 aromatic rings. The number of aryl methyl sites for hydroxylation is 1. The molecule has 4 nitrogen and oxygen atoms in total. The average Bonchev–Trinajstić information content (AvgIpc) is 2.85. The third-order valence-corrected chi connectivity index (χ3v) is 3.87. The molecule has 1 aromatic carbocycles. The van der Waals surface area contributed by atoms with Crippen LogP contribution in [0.3, 0.4) is 0 Å². The second kappa shape index (κ2) is 4.75. The van der Waals surface area contributed by atoms with E-state index in [2.05, 4.69) is 26.0 Å². The number of benzene rings is 1. The van der Waals surface area contributed by atoms with E-state index in [4.69, 9.17) is 0 Å². The number of halogens is 1. The van der Waals surface area contributed by atoms with Gasteiger partial charge in [0, 0.05) is 34.9 Å². The maximum Gasteiger partial charge on any atom is 0.123 e. The van der Waals surface area contributed by atoms with Crippen LogP contribution < -0.4 is 0 Å². The average molecular weight is 318 g/mol. The van der Waals surface area contributed by atoms with Crippen LogP contribution in [0.15, 0.2) is 47.2 Å². The Morgan fingerprint density at radius 2 is 2.05 bits per heavy atom. The van der Waals surface area contributed by atoms with Crippen molar-refractivity contribution >= 4 is 26.8 Å². The first-order valence-electron chi connectivity index (χ1n) is 5.87. The van der Waals surface area contributed by atoms with Crippen LogP contribution >= 0.6 is 15.9 Å².